The van der Waals surface area contributed by atoms with E-state index in [9.17, 15) is 9.59 Å². The molecule has 198 valence electrons. The van der Waals surface area contributed by atoms with Gasteiger partial charge >= 0.3 is 0 Å². The predicted molar refractivity (Wildman–Crippen MR) is 147 cm³/mol. The van der Waals surface area contributed by atoms with Crippen molar-refractivity contribution in [3.63, 3.8) is 0 Å². The number of thiazole rings is 1. The molecule has 0 bridgehead atoms. The normalized spacial score (nSPS) is 17.0. The molecule has 4 heterocycles. The summed E-state index contributed by atoms with van der Waals surface area (Å²) in [4.78, 5) is 37.1. The van der Waals surface area contributed by atoms with Crippen LogP contribution in [0.15, 0.2) is 11.4 Å². The number of likely N-dealkylation sites (tertiary alicyclic amines) is 1. The maximum atomic E-state index is 13.6. The number of piperazine rings is 1. The van der Waals surface area contributed by atoms with Crippen molar-refractivity contribution in [1.29, 1.82) is 0 Å². The third kappa shape index (κ3) is 6.29. The Balaban J connectivity index is 1.47. The van der Waals surface area contributed by atoms with E-state index in [1.807, 2.05) is 15.9 Å². The molecule has 36 heavy (non-hydrogen) atoms. The van der Waals surface area contributed by atoms with Gasteiger partial charge in [0.2, 0.25) is 5.91 Å². The van der Waals surface area contributed by atoms with Crippen molar-refractivity contribution in [2.45, 2.75) is 66.5 Å². The molecule has 2 saturated heterocycles. The van der Waals surface area contributed by atoms with Gasteiger partial charge < -0.3 is 19.7 Å². The van der Waals surface area contributed by atoms with Crippen molar-refractivity contribution < 1.29 is 9.59 Å². The zero-order valence-corrected chi connectivity index (χ0v) is 23.4. The molecule has 0 atom stereocenters. The van der Waals surface area contributed by atoms with Gasteiger partial charge in [-0.15, -0.1) is 11.3 Å². The van der Waals surface area contributed by atoms with Crippen LogP contribution < -0.4 is 5.32 Å². The standard InChI is InChI=1S/C27H42N6O2S/c1-19(2)8-11-33-21(5)22(16-24(33)23-18-36-27(29-23)28-20(3)4)26(35)32-14-12-30(13-15-32)17-25(34)31-9-6-7-10-31/h16,18-20H,6-15,17H2,1-5H3,(H,28,29). The monoisotopic (exact) mass is 514 g/mol. The first-order valence-corrected chi connectivity index (χ1v) is 14.3. The number of nitrogens with zero attached hydrogens (tertiary/aromatic N) is 5. The summed E-state index contributed by atoms with van der Waals surface area (Å²) in [5, 5.41) is 6.37. The molecule has 0 radical (unpaired) electrons. The SMILES string of the molecule is Cc1c(C(=O)N2CCN(CC(=O)N3CCCC3)CC2)cc(-c2csc(NC(C)C)n2)n1CCC(C)C. The molecule has 4 rings (SSSR count). The summed E-state index contributed by atoms with van der Waals surface area (Å²) in [6.07, 6.45) is 3.27. The molecular formula is C27H42N6O2S. The first-order chi connectivity index (χ1) is 17.2. The minimum Gasteiger partial charge on any atom is -0.359 e. The van der Waals surface area contributed by atoms with Gasteiger partial charge in [0.15, 0.2) is 5.13 Å². The maximum Gasteiger partial charge on any atom is 0.255 e. The number of anilines is 1. The van der Waals surface area contributed by atoms with E-state index >= 15 is 0 Å². The molecule has 0 aromatic carbocycles. The number of rotatable bonds is 9. The van der Waals surface area contributed by atoms with Crippen molar-refractivity contribution >= 4 is 28.3 Å². The predicted octanol–water partition coefficient (Wildman–Crippen LogP) is 4.17. The van der Waals surface area contributed by atoms with Crippen LogP contribution in [0.4, 0.5) is 5.13 Å². The average Bonchev–Trinajstić information content (AvgIpc) is 3.58. The molecule has 2 amide bonds. The Labute approximate surface area is 219 Å². The van der Waals surface area contributed by atoms with Crippen LogP contribution in [0.25, 0.3) is 11.4 Å². The van der Waals surface area contributed by atoms with Crippen LogP contribution in [0, 0.1) is 12.8 Å². The topological polar surface area (TPSA) is 73.7 Å². The lowest BCUT2D eigenvalue weighted by Gasteiger charge is -2.35. The highest BCUT2D eigenvalue weighted by molar-refractivity contribution is 7.14. The Morgan fingerprint density at radius 1 is 1.03 bits per heavy atom. The fraction of sp³-hybridized carbons (Fsp3) is 0.667. The van der Waals surface area contributed by atoms with Gasteiger partial charge in [-0.1, -0.05) is 13.8 Å². The van der Waals surface area contributed by atoms with Crippen LogP contribution in [-0.2, 0) is 11.3 Å². The van der Waals surface area contributed by atoms with Gasteiger partial charge in [0.05, 0.1) is 23.5 Å². The van der Waals surface area contributed by atoms with Crippen molar-refractivity contribution in [3.05, 3.63) is 22.7 Å². The number of hydrogen-bond acceptors (Lipinski definition) is 6. The number of aromatic nitrogens is 2. The first kappa shape index (κ1) is 26.7. The zero-order chi connectivity index (χ0) is 25.8. The second kappa shape index (κ2) is 11.8. The summed E-state index contributed by atoms with van der Waals surface area (Å²) >= 11 is 1.60. The van der Waals surface area contributed by atoms with E-state index in [-0.39, 0.29) is 11.8 Å². The Morgan fingerprint density at radius 2 is 1.72 bits per heavy atom. The lowest BCUT2D eigenvalue weighted by molar-refractivity contribution is -0.131. The second-order valence-electron chi connectivity index (χ2n) is 10.9. The Kier molecular flexibility index (Phi) is 8.72. The largest absolute Gasteiger partial charge is 0.359 e. The number of hydrogen-bond donors (Lipinski definition) is 1. The van der Waals surface area contributed by atoms with E-state index in [0.717, 1.165) is 79.8 Å². The summed E-state index contributed by atoms with van der Waals surface area (Å²) in [5.74, 6) is 0.881. The van der Waals surface area contributed by atoms with Crippen LogP contribution >= 0.6 is 11.3 Å². The van der Waals surface area contributed by atoms with Gasteiger partial charge in [0, 0.05) is 62.9 Å². The number of nitrogens with one attached hydrogen (secondary N) is 1. The third-order valence-corrected chi connectivity index (χ3v) is 7.96. The zero-order valence-electron chi connectivity index (χ0n) is 22.5. The summed E-state index contributed by atoms with van der Waals surface area (Å²) in [5.41, 5.74) is 3.70. The highest BCUT2D eigenvalue weighted by Crippen LogP contribution is 2.31. The Morgan fingerprint density at radius 3 is 2.36 bits per heavy atom. The highest BCUT2D eigenvalue weighted by atomic mass is 32.1. The molecular weight excluding hydrogens is 472 g/mol. The molecule has 1 N–H and O–H groups in total. The summed E-state index contributed by atoms with van der Waals surface area (Å²) < 4.78 is 2.27. The van der Waals surface area contributed by atoms with Gasteiger partial charge in [0.1, 0.15) is 0 Å². The fourth-order valence-electron chi connectivity index (χ4n) is 4.99. The molecule has 2 fully saturated rings. The molecule has 0 spiro atoms. The number of carbonyl (C=O) groups excluding carboxylic acids is 2. The quantitative estimate of drug-likeness (QED) is 0.544. The molecule has 9 heteroatoms. The molecule has 2 aliphatic rings. The molecule has 2 aliphatic heterocycles. The molecule has 2 aromatic heterocycles. The number of amides is 2. The van der Waals surface area contributed by atoms with Gasteiger partial charge in [-0.25, -0.2) is 4.98 Å². The summed E-state index contributed by atoms with van der Waals surface area (Å²) in [7, 11) is 0. The van der Waals surface area contributed by atoms with Crippen molar-refractivity contribution in [3.8, 4) is 11.4 Å². The van der Waals surface area contributed by atoms with Gasteiger partial charge in [-0.3, -0.25) is 14.5 Å². The van der Waals surface area contributed by atoms with Gasteiger partial charge in [-0.2, -0.15) is 0 Å². The lowest BCUT2D eigenvalue weighted by Crippen LogP contribution is -2.51. The van der Waals surface area contributed by atoms with Crippen molar-refractivity contribution in [1.82, 2.24) is 24.3 Å². The van der Waals surface area contributed by atoms with Gasteiger partial charge in [-0.05, 0) is 52.0 Å². The third-order valence-electron chi connectivity index (χ3n) is 7.18. The average molecular weight is 515 g/mol. The summed E-state index contributed by atoms with van der Waals surface area (Å²) in [6, 6.07) is 2.36. The van der Waals surface area contributed by atoms with E-state index in [0.29, 0.717) is 31.6 Å². The molecule has 0 unspecified atom stereocenters. The smallest absolute Gasteiger partial charge is 0.255 e. The minimum absolute atomic E-state index is 0.0818. The van der Waals surface area contributed by atoms with E-state index in [1.165, 1.54) is 0 Å². The van der Waals surface area contributed by atoms with Gasteiger partial charge in [0.25, 0.3) is 5.91 Å². The van der Waals surface area contributed by atoms with Crippen LogP contribution in [0.2, 0.25) is 0 Å². The van der Waals surface area contributed by atoms with Crippen molar-refractivity contribution in [2.24, 2.45) is 5.92 Å². The van der Waals surface area contributed by atoms with Crippen LogP contribution in [-0.4, -0.2) is 87.9 Å². The van der Waals surface area contributed by atoms with Crippen LogP contribution in [0.5, 0.6) is 0 Å². The first-order valence-electron chi connectivity index (χ1n) is 13.4. The Bertz CT molecular complexity index is 1040. The molecule has 8 nitrogen and oxygen atoms in total. The van der Waals surface area contributed by atoms with E-state index in [4.69, 9.17) is 4.98 Å². The summed E-state index contributed by atoms with van der Waals surface area (Å²) in [6.45, 7) is 16.6. The maximum absolute atomic E-state index is 13.6. The van der Waals surface area contributed by atoms with E-state index < -0.39 is 0 Å². The van der Waals surface area contributed by atoms with Crippen LogP contribution in [0.3, 0.4) is 0 Å². The lowest BCUT2D eigenvalue weighted by atomic mass is 10.1. The molecule has 2 aromatic rings. The molecule has 0 saturated carbocycles. The van der Waals surface area contributed by atoms with Crippen LogP contribution in [0.1, 0.15) is 63.0 Å². The minimum atomic E-state index is 0.0818. The second-order valence-corrected chi connectivity index (χ2v) is 11.7. The Hall–Kier alpha value is -2.39. The highest BCUT2D eigenvalue weighted by Gasteiger charge is 2.28. The van der Waals surface area contributed by atoms with E-state index in [1.54, 1.807) is 11.3 Å². The number of carbonyl (C=O) groups is 2. The van der Waals surface area contributed by atoms with Crippen molar-refractivity contribution in [2.75, 3.05) is 51.1 Å². The molecule has 0 aliphatic carbocycles. The fourth-order valence-corrected chi connectivity index (χ4v) is 5.84. The van der Waals surface area contributed by atoms with E-state index in [2.05, 4.69) is 54.8 Å².